The molecule has 3 atom stereocenters. The number of nitrogens with one attached hydrogen (secondary N) is 4. The first-order valence-electron chi connectivity index (χ1n) is 17.2. The molecule has 0 spiro atoms. The minimum atomic E-state index is -0.829. The van der Waals surface area contributed by atoms with Gasteiger partial charge in [-0.25, -0.2) is 0 Å². The summed E-state index contributed by atoms with van der Waals surface area (Å²) in [4.78, 5) is 49.4. The number of para-hydroxylation sites is 1. The number of benzene rings is 3. The summed E-state index contributed by atoms with van der Waals surface area (Å²) >= 11 is 1.64. The molecule has 0 saturated carbocycles. The zero-order valence-electron chi connectivity index (χ0n) is 28.5. The van der Waals surface area contributed by atoms with E-state index in [1.807, 2.05) is 48.7 Å². The summed E-state index contributed by atoms with van der Waals surface area (Å²) in [6, 6.07) is 20.1. The van der Waals surface area contributed by atoms with Crippen molar-refractivity contribution in [2.45, 2.75) is 86.5 Å². The third-order valence-electron chi connectivity index (χ3n) is 9.19. The molecule has 10 nitrogen and oxygen atoms in total. The van der Waals surface area contributed by atoms with Crippen LogP contribution in [-0.4, -0.2) is 65.9 Å². The third kappa shape index (κ3) is 9.30. The Morgan fingerprint density at radius 1 is 0.816 bits per heavy atom. The summed E-state index contributed by atoms with van der Waals surface area (Å²) in [5.41, 5.74) is 16.7. The molecule has 3 aromatic carbocycles. The van der Waals surface area contributed by atoms with E-state index in [0.717, 1.165) is 42.9 Å². The first-order chi connectivity index (χ1) is 23.8. The fraction of sp³-hybridized carbons (Fsp3) is 0.395. The molecule has 1 aliphatic rings. The summed E-state index contributed by atoms with van der Waals surface area (Å²) in [6.07, 6.45) is 5.14. The second-order valence-electron chi connectivity index (χ2n) is 12.8. The number of carbonyl (C=O) groups excluding carboxylic acids is 3. The summed E-state index contributed by atoms with van der Waals surface area (Å²) in [5.74, 6) is -0.845. The number of hydrogen-bond donors (Lipinski definition) is 6. The van der Waals surface area contributed by atoms with Crippen LogP contribution in [0.1, 0.15) is 54.4 Å². The Hall–Kier alpha value is -4.16. The van der Waals surface area contributed by atoms with Gasteiger partial charge in [-0.1, -0.05) is 60.3 Å². The Labute approximate surface area is 293 Å². The normalized spacial score (nSPS) is 19.6. The molecule has 0 saturated heterocycles. The van der Waals surface area contributed by atoms with Crippen molar-refractivity contribution in [1.29, 1.82) is 0 Å². The van der Waals surface area contributed by atoms with E-state index in [-0.39, 0.29) is 17.7 Å². The number of aryl methyl sites for hydroxylation is 1. The molecule has 1 aliphatic heterocycles. The number of unbranched alkanes of at least 4 members (excludes halogenated alkanes) is 1. The molecule has 3 amide bonds. The smallest absolute Gasteiger partial charge is 0.245 e. The topological polar surface area (TPSA) is 158 Å². The molecular formula is C38H49N7O3S. The van der Waals surface area contributed by atoms with Crippen molar-refractivity contribution in [2.75, 3.05) is 20.1 Å². The van der Waals surface area contributed by atoms with E-state index in [1.54, 1.807) is 18.8 Å². The zero-order chi connectivity index (χ0) is 34.8. The lowest BCUT2D eigenvalue weighted by molar-refractivity contribution is -0.142. The van der Waals surface area contributed by atoms with Crippen LogP contribution in [0.5, 0.6) is 0 Å². The summed E-state index contributed by atoms with van der Waals surface area (Å²) in [6.45, 7) is 3.74. The number of amides is 3. The predicted octanol–water partition coefficient (Wildman–Crippen LogP) is 4.14. The standard InChI is InChI=1S/C38H49N7O3S/c1-25-16-17-27-23-43-37(47)33(21-28-24-41-30-12-5-4-11-29(28)30)45(2)38(48)32(13-7-8-18-39)44-36(46)31(14-9-19-40)42-22-26-10-3-6-15-34(26)49-35(27)20-25/h3-6,10-12,15-17,20,24,31-33,41-42H,7-9,13-14,18-19,21-23,39-40H2,1-2H3,(H,43,47)(H,44,46)/t31-,32-,33-/m0/s1. The van der Waals surface area contributed by atoms with Crippen LogP contribution in [0.15, 0.2) is 82.7 Å². The van der Waals surface area contributed by atoms with Crippen LogP contribution >= 0.6 is 11.8 Å². The average molecular weight is 684 g/mol. The van der Waals surface area contributed by atoms with E-state index in [0.29, 0.717) is 64.7 Å². The van der Waals surface area contributed by atoms with Crippen LogP contribution < -0.4 is 27.4 Å². The van der Waals surface area contributed by atoms with Gasteiger partial charge in [-0.15, -0.1) is 0 Å². The van der Waals surface area contributed by atoms with Crippen LogP contribution in [-0.2, 0) is 33.9 Å². The summed E-state index contributed by atoms with van der Waals surface area (Å²) in [5, 5.41) is 10.7. The fourth-order valence-corrected chi connectivity index (χ4v) is 7.46. The number of carbonyl (C=O) groups is 3. The lowest BCUT2D eigenvalue weighted by Crippen LogP contribution is -2.57. The van der Waals surface area contributed by atoms with Gasteiger partial charge in [-0.3, -0.25) is 14.4 Å². The largest absolute Gasteiger partial charge is 0.361 e. The molecule has 260 valence electrons. The average Bonchev–Trinajstić information content (AvgIpc) is 3.52. The molecule has 5 rings (SSSR count). The number of nitrogens with zero attached hydrogens (tertiary/aromatic N) is 1. The maximum Gasteiger partial charge on any atom is 0.245 e. The molecule has 0 aliphatic carbocycles. The highest BCUT2D eigenvalue weighted by molar-refractivity contribution is 7.99. The molecule has 4 aromatic rings. The molecule has 0 fully saturated rings. The van der Waals surface area contributed by atoms with Crippen LogP contribution in [0.4, 0.5) is 0 Å². The van der Waals surface area contributed by atoms with Crippen molar-refractivity contribution in [3.05, 3.63) is 95.2 Å². The molecule has 11 heteroatoms. The van der Waals surface area contributed by atoms with Gasteiger partial charge in [-0.2, -0.15) is 0 Å². The molecule has 8 N–H and O–H groups in total. The Balaban J connectivity index is 1.55. The van der Waals surface area contributed by atoms with Crippen molar-refractivity contribution in [2.24, 2.45) is 11.5 Å². The van der Waals surface area contributed by atoms with Gasteiger partial charge in [0, 0.05) is 53.4 Å². The highest BCUT2D eigenvalue weighted by Crippen LogP contribution is 2.34. The van der Waals surface area contributed by atoms with Crippen LogP contribution in [0.2, 0.25) is 0 Å². The second kappa shape index (κ2) is 17.5. The minimum Gasteiger partial charge on any atom is -0.361 e. The number of hydrogen-bond acceptors (Lipinski definition) is 7. The number of aromatic amines is 1. The Morgan fingerprint density at radius 2 is 1.55 bits per heavy atom. The molecule has 0 bridgehead atoms. The van der Waals surface area contributed by atoms with Crippen molar-refractivity contribution in [3.63, 3.8) is 0 Å². The van der Waals surface area contributed by atoms with Gasteiger partial charge >= 0.3 is 0 Å². The van der Waals surface area contributed by atoms with Crippen LogP contribution in [0.3, 0.4) is 0 Å². The molecule has 0 unspecified atom stereocenters. The molecule has 2 heterocycles. The Morgan fingerprint density at radius 3 is 2.37 bits per heavy atom. The van der Waals surface area contributed by atoms with Crippen molar-refractivity contribution in [1.82, 2.24) is 25.8 Å². The quantitative estimate of drug-likeness (QED) is 0.145. The van der Waals surface area contributed by atoms with Crippen molar-refractivity contribution in [3.8, 4) is 0 Å². The molecule has 0 radical (unpaired) electrons. The van der Waals surface area contributed by atoms with E-state index < -0.39 is 18.1 Å². The molecule has 49 heavy (non-hydrogen) atoms. The van der Waals surface area contributed by atoms with E-state index in [1.165, 1.54) is 4.90 Å². The van der Waals surface area contributed by atoms with E-state index in [9.17, 15) is 14.4 Å². The third-order valence-corrected chi connectivity index (χ3v) is 10.4. The van der Waals surface area contributed by atoms with E-state index >= 15 is 0 Å². The maximum absolute atomic E-state index is 14.3. The number of H-pyrrole nitrogens is 1. The van der Waals surface area contributed by atoms with Crippen molar-refractivity contribution < 1.29 is 14.4 Å². The van der Waals surface area contributed by atoms with E-state index in [4.69, 9.17) is 11.5 Å². The maximum atomic E-state index is 14.3. The SMILES string of the molecule is Cc1ccc2c(c1)Sc1ccccc1CN[C@@H](CCCN)C(=O)N[C@@H](CCCCN)C(=O)N(C)[C@@H](Cc1c[nH]c3ccccc13)C(=O)NC2. The van der Waals surface area contributed by atoms with Gasteiger partial charge in [0.2, 0.25) is 17.7 Å². The number of fused-ring (bicyclic) bond motifs is 3. The number of rotatable bonds is 9. The predicted molar refractivity (Wildman–Crippen MR) is 196 cm³/mol. The van der Waals surface area contributed by atoms with E-state index in [2.05, 4.69) is 52.1 Å². The summed E-state index contributed by atoms with van der Waals surface area (Å²) in [7, 11) is 1.66. The number of aromatic nitrogens is 1. The number of nitrogens with two attached hydrogens (primary N) is 2. The second-order valence-corrected chi connectivity index (χ2v) is 13.9. The number of likely N-dealkylation sites (N-methyl/N-ethyl adjacent to an activating group) is 1. The molecular weight excluding hydrogens is 635 g/mol. The van der Waals surface area contributed by atoms with Gasteiger partial charge in [-0.05, 0) is 92.6 Å². The van der Waals surface area contributed by atoms with Gasteiger partial charge < -0.3 is 37.3 Å². The van der Waals surface area contributed by atoms with Crippen LogP contribution in [0, 0.1) is 6.92 Å². The highest BCUT2D eigenvalue weighted by Gasteiger charge is 2.34. The molecule has 1 aromatic heterocycles. The van der Waals surface area contributed by atoms with Gasteiger partial charge in [0.05, 0.1) is 6.04 Å². The minimum absolute atomic E-state index is 0.263. The van der Waals surface area contributed by atoms with Crippen molar-refractivity contribution >= 4 is 40.4 Å². The first-order valence-corrected chi connectivity index (χ1v) is 18.0. The van der Waals surface area contributed by atoms with Gasteiger partial charge in [0.25, 0.3) is 0 Å². The van der Waals surface area contributed by atoms with Gasteiger partial charge in [0.1, 0.15) is 12.1 Å². The lowest BCUT2D eigenvalue weighted by atomic mass is 10.0. The van der Waals surface area contributed by atoms with Crippen LogP contribution in [0.25, 0.3) is 10.9 Å². The Kier molecular flexibility index (Phi) is 12.9. The zero-order valence-corrected chi connectivity index (χ0v) is 29.3. The Bertz CT molecular complexity index is 1740. The highest BCUT2D eigenvalue weighted by atomic mass is 32.2. The first kappa shape index (κ1) is 36.1. The lowest BCUT2D eigenvalue weighted by Gasteiger charge is -2.32. The summed E-state index contributed by atoms with van der Waals surface area (Å²) < 4.78 is 0. The monoisotopic (exact) mass is 683 g/mol. The fourth-order valence-electron chi connectivity index (χ4n) is 6.29. The van der Waals surface area contributed by atoms with Gasteiger partial charge in [0.15, 0.2) is 0 Å².